The maximum Gasteiger partial charge on any atom is 0.416 e. The van der Waals surface area contributed by atoms with Crippen molar-refractivity contribution in [2.24, 2.45) is 11.7 Å². The highest BCUT2D eigenvalue weighted by Gasteiger charge is 2.32. The van der Waals surface area contributed by atoms with Crippen LogP contribution in [0.2, 0.25) is 0 Å². The molecule has 0 saturated carbocycles. The number of alkyl halides is 3. The highest BCUT2D eigenvalue weighted by atomic mass is 19.4. The Morgan fingerprint density at radius 2 is 2.00 bits per heavy atom. The van der Waals surface area contributed by atoms with Gasteiger partial charge < -0.3 is 5.73 Å². The van der Waals surface area contributed by atoms with Crippen molar-refractivity contribution in [3.63, 3.8) is 0 Å². The van der Waals surface area contributed by atoms with Crippen LogP contribution < -0.4 is 5.73 Å². The molecule has 2 unspecified atom stereocenters. The number of hydrogen-bond acceptors (Lipinski definition) is 2. The van der Waals surface area contributed by atoms with Crippen LogP contribution in [0.15, 0.2) is 30.4 Å². The molecule has 0 aromatic heterocycles. The number of carbonyl (C=O) groups is 1. The zero-order valence-corrected chi connectivity index (χ0v) is 10.4. The Kier molecular flexibility index (Phi) is 3.49. The van der Waals surface area contributed by atoms with Crippen LogP contribution in [0, 0.1) is 12.8 Å². The van der Waals surface area contributed by atoms with Gasteiger partial charge in [-0.05, 0) is 31.0 Å². The zero-order chi connectivity index (χ0) is 14.2. The second kappa shape index (κ2) is 4.81. The lowest BCUT2D eigenvalue weighted by molar-refractivity contribution is -0.137. The quantitative estimate of drug-likeness (QED) is 0.662. The number of aryl methyl sites for hydroxylation is 1. The number of rotatable bonds is 2. The molecule has 19 heavy (non-hydrogen) atoms. The van der Waals surface area contributed by atoms with E-state index in [-0.39, 0.29) is 17.7 Å². The Bertz CT molecular complexity index is 534. The van der Waals surface area contributed by atoms with Gasteiger partial charge in [0.15, 0.2) is 5.78 Å². The van der Waals surface area contributed by atoms with Gasteiger partial charge in [-0.1, -0.05) is 18.2 Å². The number of hydrogen-bond donors (Lipinski definition) is 1. The average Bonchev–Trinajstić information content (AvgIpc) is 2.73. The van der Waals surface area contributed by atoms with Crippen molar-refractivity contribution in [1.29, 1.82) is 0 Å². The molecule has 0 radical (unpaired) electrons. The van der Waals surface area contributed by atoms with Gasteiger partial charge in [0, 0.05) is 17.5 Å². The SMILES string of the molecule is Cc1cc(C(F)(F)F)ccc1C(=O)C1C=CC(N)C1. The molecule has 5 heteroatoms. The van der Waals surface area contributed by atoms with E-state index in [1.807, 2.05) is 0 Å². The summed E-state index contributed by atoms with van der Waals surface area (Å²) in [6.45, 7) is 1.51. The summed E-state index contributed by atoms with van der Waals surface area (Å²) in [6.07, 6.45) is -0.395. The second-order valence-corrected chi connectivity index (χ2v) is 4.78. The third-order valence-corrected chi connectivity index (χ3v) is 3.27. The number of Topliss-reactive ketones (excluding diaryl/α,β-unsaturated/α-hetero) is 1. The smallest absolute Gasteiger partial charge is 0.324 e. The topological polar surface area (TPSA) is 43.1 Å². The largest absolute Gasteiger partial charge is 0.416 e. The van der Waals surface area contributed by atoms with Crippen molar-refractivity contribution in [3.05, 3.63) is 47.0 Å². The summed E-state index contributed by atoms with van der Waals surface area (Å²) in [5, 5.41) is 0. The lowest BCUT2D eigenvalue weighted by Gasteiger charge is -2.13. The molecule has 1 aliphatic carbocycles. The van der Waals surface area contributed by atoms with Crippen LogP contribution >= 0.6 is 0 Å². The van der Waals surface area contributed by atoms with Gasteiger partial charge >= 0.3 is 6.18 Å². The molecular weight excluding hydrogens is 255 g/mol. The van der Waals surface area contributed by atoms with Crippen molar-refractivity contribution in [2.75, 3.05) is 0 Å². The molecule has 1 aromatic carbocycles. The number of carbonyl (C=O) groups excluding carboxylic acids is 1. The fourth-order valence-electron chi connectivity index (χ4n) is 2.24. The van der Waals surface area contributed by atoms with Crippen LogP contribution in [-0.2, 0) is 6.18 Å². The standard InChI is InChI=1S/C14H14F3NO/c1-8-6-10(14(15,16)17)3-5-12(8)13(19)9-2-4-11(18)7-9/h2-6,9,11H,7,18H2,1H3. The Labute approximate surface area is 109 Å². The molecular formula is C14H14F3NO. The molecule has 102 valence electrons. The maximum absolute atomic E-state index is 12.5. The van der Waals surface area contributed by atoms with Crippen LogP contribution in [-0.4, -0.2) is 11.8 Å². The molecule has 2 nitrogen and oxygen atoms in total. The average molecular weight is 269 g/mol. The highest BCUT2D eigenvalue weighted by Crippen LogP contribution is 2.31. The maximum atomic E-state index is 12.5. The molecule has 2 rings (SSSR count). The van der Waals surface area contributed by atoms with E-state index < -0.39 is 11.7 Å². The monoisotopic (exact) mass is 269 g/mol. The molecule has 0 amide bonds. The fraction of sp³-hybridized carbons (Fsp3) is 0.357. The van der Waals surface area contributed by atoms with Crippen LogP contribution in [0.1, 0.15) is 27.9 Å². The summed E-state index contributed by atoms with van der Waals surface area (Å²) in [5.41, 5.74) is 5.61. The fourth-order valence-corrected chi connectivity index (χ4v) is 2.24. The van der Waals surface area contributed by atoms with Gasteiger partial charge in [-0.15, -0.1) is 0 Å². The van der Waals surface area contributed by atoms with E-state index in [1.54, 1.807) is 12.2 Å². The normalized spacial score (nSPS) is 22.8. The molecule has 0 fully saturated rings. The van der Waals surface area contributed by atoms with Crippen molar-refractivity contribution in [3.8, 4) is 0 Å². The van der Waals surface area contributed by atoms with Gasteiger partial charge in [0.1, 0.15) is 0 Å². The van der Waals surface area contributed by atoms with Gasteiger partial charge in [-0.2, -0.15) is 13.2 Å². The minimum Gasteiger partial charge on any atom is -0.324 e. The van der Waals surface area contributed by atoms with Gasteiger partial charge in [0.25, 0.3) is 0 Å². The summed E-state index contributed by atoms with van der Waals surface area (Å²) in [4.78, 5) is 12.2. The predicted octanol–water partition coefficient (Wildman–Crippen LogP) is 3.10. The molecule has 0 spiro atoms. The van der Waals surface area contributed by atoms with E-state index in [0.29, 0.717) is 17.5 Å². The Balaban J connectivity index is 2.27. The minimum absolute atomic E-state index is 0.149. The first-order chi connectivity index (χ1) is 8.79. The lowest BCUT2D eigenvalue weighted by Crippen LogP contribution is -2.20. The summed E-state index contributed by atoms with van der Waals surface area (Å²) < 4.78 is 37.6. The van der Waals surface area contributed by atoms with Crippen molar-refractivity contribution in [2.45, 2.75) is 25.6 Å². The third kappa shape index (κ3) is 2.87. The van der Waals surface area contributed by atoms with Gasteiger partial charge in [0.05, 0.1) is 5.56 Å². The first-order valence-electron chi connectivity index (χ1n) is 5.95. The summed E-state index contributed by atoms with van der Waals surface area (Å²) in [5.74, 6) is -0.499. The van der Waals surface area contributed by atoms with E-state index in [4.69, 9.17) is 5.73 Å². The number of ketones is 1. The molecule has 0 heterocycles. The summed E-state index contributed by atoms with van der Waals surface area (Å²) in [6, 6.07) is 3.05. The molecule has 0 saturated heterocycles. The van der Waals surface area contributed by atoms with E-state index in [1.165, 1.54) is 13.0 Å². The molecule has 1 aliphatic rings. The zero-order valence-electron chi connectivity index (χ0n) is 10.4. The number of halogens is 3. The van der Waals surface area contributed by atoms with E-state index in [0.717, 1.165) is 12.1 Å². The minimum atomic E-state index is -4.39. The van der Waals surface area contributed by atoms with Crippen molar-refractivity contribution >= 4 is 5.78 Å². The first-order valence-corrected chi connectivity index (χ1v) is 5.95. The van der Waals surface area contributed by atoms with Crippen molar-refractivity contribution < 1.29 is 18.0 Å². The van der Waals surface area contributed by atoms with E-state index >= 15 is 0 Å². The molecule has 0 aliphatic heterocycles. The van der Waals surface area contributed by atoms with Crippen LogP contribution in [0.5, 0.6) is 0 Å². The molecule has 1 aromatic rings. The molecule has 0 bridgehead atoms. The lowest BCUT2D eigenvalue weighted by atomic mass is 9.92. The predicted molar refractivity (Wildman–Crippen MR) is 65.7 cm³/mol. The summed E-state index contributed by atoms with van der Waals surface area (Å²) in [7, 11) is 0. The van der Waals surface area contributed by atoms with E-state index in [2.05, 4.69) is 0 Å². The second-order valence-electron chi connectivity index (χ2n) is 4.78. The van der Waals surface area contributed by atoms with Crippen molar-refractivity contribution in [1.82, 2.24) is 0 Å². The van der Waals surface area contributed by atoms with Gasteiger partial charge in [-0.25, -0.2) is 0 Å². The Hall–Kier alpha value is -1.62. The van der Waals surface area contributed by atoms with Crippen LogP contribution in [0.4, 0.5) is 13.2 Å². The molecule has 2 atom stereocenters. The van der Waals surface area contributed by atoms with Gasteiger partial charge in [-0.3, -0.25) is 4.79 Å². The number of allylic oxidation sites excluding steroid dienone is 1. The van der Waals surface area contributed by atoms with Gasteiger partial charge in [0.2, 0.25) is 0 Å². The summed E-state index contributed by atoms with van der Waals surface area (Å²) >= 11 is 0. The Morgan fingerprint density at radius 3 is 2.47 bits per heavy atom. The Morgan fingerprint density at radius 1 is 1.32 bits per heavy atom. The van der Waals surface area contributed by atoms with Crippen LogP contribution in [0.25, 0.3) is 0 Å². The third-order valence-electron chi connectivity index (χ3n) is 3.27. The number of nitrogens with two attached hydrogens (primary N) is 1. The van der Waals surface area contributed by atoms with Crippen LogP contribution in [0.3, 0.4) is 0 Å². The van der Waals surface area contributed by atoms with E-state index in [9.17, 15) is 18.0 Å². The molecule has 2 N–H and O–H groups in total. The number of benzene rings is 1. The first kappa shape index (κ1) is 13.8. The highest BCUT2D eigenvalue weighted by molar-refractivity contribution is 6.00.